The van der Waals surface area contributed by atoms with Crippen molar-refractivity contribution in [3.63, 3.8) is 0 Å². The molecule has 3 heterocycles. The highest BCUT2D eigenvalue weighted by Gasteiger charge is 2.42. The average Bonchev–Trinajstić information content (AvgIpc) is 3.07. The smallest absolute Gasteiger partial charge is 0.258 e. The van der Waals surface area contributed by atoms with Crippen LogP contribution in [0, 0.1) is 0 Å². The number of imidazole rings is 1. The van der Waals surface area contributed by atoms with E-state index in [4.69, 9.17) is 9.72 Å². The van der Waals surface area contributed by atoms with Crippen LogP contribution in [-0.4, -0.2) is 39.2 Å². The zero-order valence-electron chi connectivity index (χ0n) is 16.7. The van der Waals surface area contributed by atoms with Gasteiger partial charge in [0.2, 0.25) is 0 Å². The standard InChI is InChI=1S/C23H26N4O2/c1-2-13-27-19-9-5-4-8-18(19)24-21(27)16-26-14-11-23(12-15-26)25-22(28)17-7-3-6-10-20(17)29-23/h3-10H,2,11-16H2,1H3,(H,25,28). The second-order valence-electron chi connectivity index (χ2n) is 7.99. The van der Waals surface area contributed by atoms with Crippen LogP contribution in [0.5, 0.6) is 5.75 Å². The minimum atomic E-state index is -0.592. The number of carbonyl (C=O) groups is 1. The number of hydrogen-bond donors (Lipinski definition) is 1. The van der Waals surface area contributed by atoms with Gasteiger partial charge in [-0.2, -0.15) is 0 Å². The van der Waals surface area contributed by atoms with Crippen LogP contribution in [0.3, 0.4) is 0 Å². The number of fused-ring (bicyclic) bond motifs is 2. The van der Waals surface area contributed by atoms with Gasteiger partial charge in [0.15, 0.2) is 5.72 Å². The van der Waals surface area contributed by atoms with E-state index < -0.39 is 5.72 Å². The Kier molecular flexibility index (Phi) is 4.51. The van der Waals surface area contributed by atoms with Crippen LogP contribution in [0.1, 0.15) is 42.4 Å². The molecule has 1 fully saturated rings. The molecule has 0 unspecified atom stereocenters. The molecule has 3 aromatic rings. The van der Waals surface area contributed by atoms with Crippen molar-refractivity contribution in [2.75, 3.05) is 13.1 Å². The Bertz CT molecular complexity index is 1050. The fraction of sp³-hybridized carbons (Fsp3) is 0.391. The van der Waals surface area contributed by atoms with Crippen molar-refractivity contribution in [2.24, 2.45) is 0 Å². The number of para-hydroxylation sites is 3. The summed E-state index contributed by atoms with van der Waals surface area (Å²) in [6.45, 7) is 5.71. The van der Waals surface area contributed by atoms with Gasteiger partial charge in [0, 0.05) is 32.5 Å². The number of likely N-dealkylation sites (tertiary alicyclic amines) is 1. The molecule has 2 aliphatic rings. The van der Waals surface area contributed by atoms with Gasteiger partial charge in [0.05, 0.1) is 23.1 Å². The summed E-state index contributed by atoms with van der Waals surface area (Å²) < 4.78 is 8.60. The Hall–Kier alpha value is -2.86. The first-order valence-electron chi connectivity index (χ1n) is 10.4. The van der Waals surface area contributed by atoms with Crippen LogP contribution in [0.2, 0.25) is 0 Å². The number of nitrogens with one attached hydrogen (secondary N) is 1. The molecule has 0 atom stereocenters. The normalized spacial score (nSPS) is 18.4. The molecule has 150 valence electrons. The third kappa shape index (κ3) is 3.27. The quantitative estimate of drug-likeness (QED) is 0.740. The van der Waals surface area contributed by atoms with Crippen molar-refractivity contribution in [3.8, 4) is 5.75 Å². The molecular formula is C23H26N4O2. The van der Waals surface area contributed by atoms with Gasteiger partial charge in [-0.15, -0.1) is 0 Å². The molecule has 1 N–H and O–H groups in total. The third-order valence-corrected chi connectivity index (χ3v) is 5.99. The summed E-state index contributed by atoms with van der Waals surface area (Å²) in [6, 6.07) is 15.8. The summed E-state index contributed by atoms with van der Waals surface area (Å²) in [5, 5.41) is 3.12. The van der Waals surface area contributed by atoms with Crippen LogP contribution in [-0.2, 0) is 13.1 Å². The molecule has 2 aromatic carbocycles. The Balaban J connectivity index is 1.32. The number of nitrogens with zero attached hydrogens (tertiary/aromatic N) is 3. The van der Waals surface area contributed by atoms with Gasteiger partial charge < -0.3 is 14.6 Å². The summed E-state index contributed by atoms with van der Waals surface area (Å²) in [6.07, 6.45) is 2.61. The molecule has 1 spiro atoms. The van der Waals surface area contributed by atoms with E-state index in [0.717, 1.165) is 56.8 Å². The molecule has 1 amide bonds. The number of benzene rings is 2. The molecule has 2 aliphatic heterocycles. The van der Waals surface area contributed by atoms with Crippen LogP contribution >= 0.6 is 0 Å². The molecule has 0 radical (unpaired) electrons. The van der Waals surface area contributed by atoms with Crippen molar-refractivity contribution in [3.05, 3.63) is 59.9 Å². The van der Waals surface area contributed by atoms with Crippen molar-refractivity contribution < 1.29 is 9.53 Å². The highest BCUT2D eigenvalue weighted by atomic mass is 16.5. The lowest BCUT2D eigenvalue weighted by atomic mass is 9.97. The third-order valence-electron chi connectivity index (χ3n) is 5.99. The van der Waals surface area contributed by atoms with Gasteiger partial charge in [-0.25, -0.2) is 4.98 Å². The van der Waals surface area contributed by atoms with E-state index >= 15 is 0 Å². The van der Waals surface area contributed by atoms with Crippen LogP contribution in [0.25, 0.3) is 11.0 Å². The molecule has 6 heteroatoms. The Morgan fingerprint density at radius 3 is 2.69 bits per heavy atom. The van der Waals surface area contributed by atoms with E-state index in [-0.39, 0.29) is 5.91 Å². The van der Waals surface area contributed by atoms with Crippen molar-refractivity contribution in [2.45, 2.75) is 45.0 Å². The molecule has 1 aromatic heterocycles. The van der Waals surface area contributed by atoms with Crippen molar-refractivity contribution in [1.82, 2.24) is 19.8 Å². The molecule has 5 rings (SSSR count). The van der Waals surface area contributed by atoms with Crippen molar-refractivity contribution >= 4 is 16.9 Å². The SMILES string of the molecule is CCCn1c(CN2CCC3(CC2)NC(=O)c2ccccc2O3)nc2ccccc21. The number of hydrogen-bond acceptors (Lipinski definition) is 4. The lowest BCUT2D eigenvalue weighted by Crippen LogP contribution is -2.60. The number of ether oxygens (including phenoxy) is 1. The Morgan fingerprint density at radius 2 is 1.86 bits per heavy atom. The Labute approximate surface area is 170 Å². The first-order valence-corrected chi connectivity index (χ1v) is 10.4. The number of aryl methyl sites for hydroxylation is 1. The summed E-state index contributed by atoms with van der Waals surface area (Å²) in [7, 11) is 0. The zero-order valence-corrected chi connectivity index (χ0v) is 16.7. The van der Waals surface area contributed by atoms with Gasteiger partial charge >= 0.3 is 0 Å². The maximum absolute atomic E-state index is 12.5. The fourth-order valence-electron chi connectivity index (χ4n) is 4.47. The number of piperidine rings is 1. The Morgan fingerprint density at radius 1 is 1.10 bits per heavy atom. The average molecular weight is 390 g/mol. The molecule has 1 saturated heterocycles. The largest absolute Gasteiger partial charge is 0.467 e. The van der Waals surface area contributed by atoms with E-state index in [2.05, 4.69) is 39.9 Å². The van der Waals surface area contributed by atoms with Crippen LogP contribution in [0.4, 0.5) is 0 Å². The molecule has 29 heavy (non-hydrogen) atoms. The maximum atomic E-state index is 12.5. The molecule has 6 nitrogen and oxygen atoms in total. The summed E-state index contributed by atoms with van der Waals surface area (Å²) in [5.74, 6) is 1.77. The lowest BCUT2D eigenvalue weighted by molar-refractivity contribution is -0.0309. The van der Waals surface area contributed by atoms with E-state index in [0.29, 0.717) is 11.3 Å². The highest BCUT2D eigenvalue weighted by Crippen LogP contribution is 2.33. The van der Waals surface area contributed by atoms with Gasteiger partial charge in [-0.05, 0) is 30.7 Å². The van der Waals surface area contributed by atoms with Gasteiger partial charge in [0.1, 0.15) is 11.6 Å². The molecule has 0 aliphatic carbocycles. The molecule has 0 bridgehead atoms. The number of rotatable bonds is 4. The highest BCUT2D eigenvalue weighted by molar-refractivity contribution is 5.98. The predicted octanol–water partition coefficient (Wildman–Crippen LogP) is 3.56. The summed E-state index contributed by atoms with van der Waals surface area (Å²) >= 11 is 0. The molecule has 0 saturated carbocycles. The topological polar surface area (TPSA) is 59.4 Å². The zero-order chi connectivity index (χ0) is 19.8. The first-order chi connectivity index (χ1) is 14.2. The van der Waals surface area contributed by atoms with Crippen LogP contribution < -0.4 is 10.1 Å². The van der Waals surface area contributed by atoms with Crippen molar-refractivity contribution in [1.29, 1.82) is 0 Å². The van der Waals surface area contributed by atoms with Crippen LogP contribution in [0.15, 0.2) is 48.5 Å². The number of carbonyl (C=O) groups excluding carboxylic acids is 1. The first kappa shape index (κ1) is 18.2. The number of aromatic nitrogens is 2. The van der Waals surface area contributed by atoms with Gasteiger partial charge in [0.25, 0.3) is 5.91 Å². The summed E-state index contributed by atoms with van der Waals surface area (Å²) in [5.41, 5.74) is 2.29. The second kappa shape index (κ2) is 7.19. The number of amides is 1. The minimum Gasteiger partial charge on any atom is -0.467 e. The fourth-order valence-corrected chi connectivity index (χ4v) is 4.47. The predicted molar refractivity (Wildman–Crippen MR) is 112 cm³/mol. The maximum Gasteiger partial charge on any atom is 0.258 e. The molecular weight excluding hydrogens is 364 g/mol. The lowest BCUT2D eigenvalue weighted by Gasteiger charge is -2.44. The minimum absolute atomic E-state index is 0.0370. The van der Waals surface area contributed by atoms with E-state index in [9.17, 15) is 4.79 Å². The second-order valence-corrected chi connectivity index (χ2v) is 7.99. The van der Waals surface area contributed by atoms with Gasteiger partial charge in [-0.1, -0.05) is 31.2 Å². The van der Waals surface area contributed by atoms with E-state index in [1.54, 1.807) is 0 Å². The monoisotopic (exact) mass is 390 g/mol. The van der Waals surface area contributed by atoms with E-state index in [1.165, 1.54) is 5.52 Å². The van der Waals surface area contributed by atoms with E-state index in [1.807, 2.05) is 30.3 Å². The summed E-state index contributed by atoms with van der Waals surface area (Å²) in [4.78, 5) is 19.8. The van der Waals surface area contributed by atoms with Gasteiger partial charge in [-0.3, -0.25) is 9.69 Å².